The molecule has 0 bridgehead atoms. The molecule has 0 unspecified atom stereocenters. The predicted molar refractivity (Wildman–Crippen MR) is 81.6 cm³/mol. The summed E-state index contributed by atoms with van der Waals surface area (Å²) in [5, 5.41) is 8.89. The Morgan fingerprint density at radius 1 is 1.45 bits per heavy atom. The molecule has 0 saturated heterocycles. The van der Waals surface area contributed by atoms with Gasteiger partial charge in [0.05, 0.1) is 30.9 Å². The Bertz CT molecular complexity index is 670. The van der Waals surface area contributed by atoms with E-state index in [1.807, 2.05) is 17.7 Å². The fourth-order valence-corrected chi connectivity index (χ4v) is 2.73. The minimum absolute atomic E-state index is 0.319. The third kappa shape index (κ3) is 2.56. The fraction of sp³-hybridized carbons (Fsp3) is 0.333. The number of nitrogens with zero attached hydrogens (tertiary/aromatic N) is 3. The summed E-state index contributed by atoms with van der Waals surface area (Å²) >= 11 is 3.42. The Morgan fingerprint density at radius 3 is 2.80 bits per heavy atom. The van der Waals surface area contributed by atoms with Crippen molar-refractivity contribution in [2.45, 2.75) is 19.8 Å². The Kier molecular flexibility index (Phi) is 4.46. The summed E-state index contributed by atoms with van der Waals surface area (Å²) in [4.78, 5) is 4.53. The van der Waals surface area contributed by atoms with Gasteiger partial charge in [0.25, 0.3) is 0 Å². The molecule has 1 heterocycles. The molecule has 0 aliphatic rings. The lowest BCUT2D eigenvalue weighted by molar-refractivity contribution is 0.416. The number of methoxy groups -OCH3 is 1. The quantitative estimate of drug-likeness (QED) is 0.860. The molecule has 20 heavy (non-hydrogen) atoms. The van der Waals surface area contributed by atoms with E-state index in [1.54, 1.807) is 7.11 Å². The number of halogens is 1. The highest BCUT2D eigenvalue weighted by molar-refractivity contribution is 9.10. The number of hydrogen-bond donors (Lipinski definition) is 0. The molecule has 0 saturated carbocycles. The molecule has 1 aromatic heterocycles. The SMILES string of the molecule is CCc1ccc(OC)c(-c2nc(Br)c(CC#N)n2C)c1. The highest BCUT2D eigenvalue weighted by Gasteiger charge is 2.17. The number of ether oxygens (including phenoxy) is 1. The van der Waals surface area contributed by atoms with Crippen molar-refractivity contribution in [1.82, 2.24) is 9.55 Å². The summed E-state index contributed by atoms with van der Waals surface area (Å²) in [7, 11) is 3.57. The van der Waals surface area contributed by atoms with Crippen LogP contribution in [0.25, 0.3) is 11.4 Å². The third-order valence-electron chi connectivity index (χ3n) is 3.32. The van der Waals surface area contributed by atoms with Crippen LogP contribution in [0.1, 0.15) is 18.2 Å². The molecule has 5 heteroatoms. The minimum atomic E-state index is 0.319. The average molecular weight is 334 g/mol. The van der Waals surface area contributed by atoms with Gasteiger partial charge in [0.15, 0.2) is 0 Å². The lowest BCUT2D eigenvalue weighted by Gasteiger charge is -2.10. The zero-order chi connectivity index (χ0) is 14.7. The molecular weight excluding hydrogens is 318 g/mol. The molecule has 0 aliphatic carbocycles. The molecule has 0 radical (unpaired) electrons. The summed E-state index contributed by atoms with van der Waals surface area (Å²) in [6.07, 6.45) is 1.27. The van der Waals surface area contributed by atoms with Crippen molar-refractivity contribution in [3.8, 4) is 23.2 Å². The number of aromatic nitrogens is 2. The lowest BCUT2D eigenvalue weighted by Crippen LogP contribution is -2.00. The molecule has 0 spiro atoms. The first-order valence-corrected chi connectivity index (χ1v) is 7.17. The first-order valence-electron chi connectivity index (χ1n) is 6.37. The van der Waals surface area contributed by atoms with E-state index in [4.69, 9.17) is 10.00 Å². The van der Waals surface area contributed by atoms with E-state index in [0.717, 1.165) is 29.3 Å². The van der Waals surface area contributed by atoms with Crippen molar-refractivity contribution < 1.29 is 4.74 Å². The molecule has 0 aliphatic heterocycles. The van der Waals surface area contributed by atoms with Crippen LogP contribution in [0.3, 0.4) is 0 Å². The van der Waals surface area contributed by atoms with Crippen molar-refractivity contribution in [2.75, 3.05) is 7.11 Å². The van der Waals surface area contributed by atoms with Gasteiger partial charge in [-0.2, -0.15) is 5.26 Å². The lowest BCUT2D eigenvalue weighted by atomic mass is 10.1. The van der Waals surface area contributed by atoms with E-state index in [-0.39, 0.29) is 0 Å². The summed E-state index contributed by atoms with van der Waals surface area (Å²) in [5.74, 6) is 1.58. The number of nitriles is 1. The highest BCUT2D eigenvalue weighted by Crippen LogP contribution is 2.32. The van der Waals surface area contributed by atoms with E-state index >= 15 is 0 Å². The number of rotatable bonds is 4. The van der Waals surface area contributed by atoms with Crippen LogP contribution in [0.15, 0.2) is 22.8 Å². The molecule has 1 aromatic carbocycles. The van der Waals surface area contributed by atoms with Gasteiger partial charge in [-0.25, -0.2) is 4.98 Å². The van der Waals surface area contributed by atoms with Gasteiger partial charge in [-0.3, -0.25) is 0 Å². The van der Waals surface area contributed by atoms with Crippen molar-refractivity contribution in [1.29, 1.82) is 5.26 Å². The number of hydrogen-bond acceptors (Lipinski definition) is 3. The van der Waals surface area contributed by atoms with Crippen LogP contribution in [0, 0.1) is 11.3 Å². The Morgan fingerprint density at radius 2 is 2.20 bits per heavy atom. The first-order chi connectivity index (χ1) is 9.62. The van der Waals surface area contributed by atoms with Gasteiger partial charge >= 0.3 is 0 Å². The zero-order valence-corrected chi connectivity index (χ0v) is 13.4. The molecule has 2 aromatic rings. The van der Waals surface area contributed by atoms with Gasteiger partial charge < -0.3 is 9.30 Å². The number of aryl methyl sites for hydroxylation is 1. The van der Waals surface area contributed by atoms with Crippen LogP contribution in [0.2, 0.25) is 0 Å². The van der Waals surface area contributed by atoms with Gasteiger partial charge in [0.2, 0.25) is 0 Å². The topological polar surface area (TPSA) is 50.8 Å². The maximum Gasteiger partial charge on any atom is 0.145 e. The number of benzene rings is 1. The van der Waals surface area contributed by atoms with Crippen LogP contribution in [-0.2, 0) is 19.9 Å². The minimum Gasteiger partial charge on any atom is -0.496 e. The van der Waals surface area contributed by atoms with Gasteiger partial charge in [-0.15, -0.1) is 0 Å². The first kappa shape index (κ1) is 14.6. The van der Waals surface area contributed by atoms with Gasteiger partial charge in [0.1, 0.15) is 16.2 Å². The summed E-state index contributed by atoms with van der Waals surface area (Å²) in [6.45, 7) is 2.11. The summed E-state index contributed by atoms with van der Waals surface area (Å²) < 4.78 is 8.07. The van der Waals surface area contributed by atoms with Gasteiger partial charge in [0, 0.05) is 7.05 Å². The second-order valence-corrected chi connectivity index (χ2v) is 5.21. The van der Waals surface area contributed by atoms with Gasteiger partial charge in [-0.05, 0) is 40.0 Å². The smallest absolute Gasteiger partial charge is 0.145 e. The summed E-state index contributed by atoms with van der Waals surface area (Å²) in [5.41, 5.74) is 3.03. The van der Waals surface area contributed by atoms with Crippen LogP contribution in [0.5, 0.6) is 5.75 Å². The normalized spacial score (nSPS) is 10.3. The molecule has 0 atom stereocenters. The van der Waals surface area contributed by atoms with Crippen LogP contribution < -0.4 is 4.74 Å². The Labute approximate surface area is 127 Å². The fourth-order valence-electron chi connectivity index (χ4n) is 2.16. The van der Waals surface area contributed by atoms with E-state index in [2.05, 4.69) is 46.0 Å². The highest BCUT2D eigenvalue weighted by atomic mass is 79.9. The van der Waals surface area contributed by atoms with E-state index in [1.165, 1.54) is 5.56 Å². The van der Waals surface area contributed by atoms with Gasteiger partial charge in [-0.1, -0.05) is 13.0 Å². The van der Waals surface area contributed by atoms with Crippen molar-refractivity contribution in [3.05, 3.63) is 34.1 Å². The molecule has 104 valence electrons. The largest absolute Gasteiger partial charge is 0.496 e. The average Bonchev–Trinajstić information content (AvgIpc) is 2.75. The monoisotopic (exact) mass is 333 g/mol. The second-order valence-electron chi connectivity index (χ2n) is 4.46. The van der Waals surface area contributed by atoms with Crippen LogP contribution in [0.4, 0.5) is 0 Å². The third-order valence-corrected chi connectivity index (χ3v) is 3.96. The maximum atomic E-state index is 8.89. The predicted octanol–water partition coefficient (Wildman–Crippen LogP) is 3.49. The van der Waals surface area contributed by atoms with Crippen LogP contribution in [-0.4, -0.2) is 16.7 Å². The Balaban J connectivity index is 2.62. The van der Waals surface area contributed by atoms with E-state index in [0.29, 0.717) is 11.0 Å². The molecule has 2 rings (SSSR count). The van der Waals surface area contributed by atoms with E-state index in [9.17, 15) is 0 Å². The molecule has 0 fully saturated rings. The van der Waals surface area contributed by atoms with E-state index < -0.39 is 0 Å². The number of imidazole rings is 1. The van der Waals surface area contributed by atoms with Crippen LogP contribution >= 0.6 is 15.9 Å². The van der Waals surface area contributed by atoms with Crippen molar-refractivity contribution in [2.24, 2.45) is 7.05 Å². The Hall–Kier alpha value is -1.80. The second kappa shape index (κ2) is 6.10. The molecule has 0 amide bonds. The maximum absolute atomic E-state index is 8.89. The standard InChI is InChI=1S/C15H16BrN3O/c1-4-10-5-6-13(20-3)11(9-10)15-18-14(16)12(7-8-17)19(15)2/h5-6,9H,4,7H2,1-3H3. The summed E-state index contributed by atoms with van der Waals surface area (Å²) in [6, 6.07) is 8.26. The van der Waals surface area contributed by atoms with Crippen molar-refractivity contribution >= 4 is 15.9 Å². The molecule has 0 N–H and O–H groups in total. The molecule has 4 nitrogen and oxygen atoms in total. The van der Waals surface area contributed by atoms with Crippen molar-refractivity contribution in [3.63, 3.8) is 0 Å². The molecular formula is C15H16BrN3O. The zero-order valence-electron chi connectivity index (χ0n) is 11.8.